The van der Waals surface area contributed by atoms with Gasteiger partial charge in [-0.15, -0.1) is 0 Å². The molecule has 0 heterocycles. The fourth-order valence-corrected chi connectivity index (χ4v) is 2.70. The molecule has 3 heteroatoms. The molecule has 0 bridgehead atoms. The first-order valence-electron chi connectivity index (χ1n) is 7.78. The number of aliphatic hydroxyl groups excluding tert-OH is 1. The van der Waals surface area contributed by atoms with Gasteiger partial charge < -0.3 is 10.2 Å². The third kappa shape index (κ3) is 3.36. The highest BCUT2D eigenvalue weighted by atomic mass is 16.3. The van der Waals surface area contributed by atoms with E-state index in [9.17, 15) is 9.90 Å². The van der Waals surface area contributed by atoms with E-state index in [2.05, 4.69) is 0 Å². The normalized spacial score (nSPS) is 10.5. The molecule has 0 saturated heterocycles. The first-order chi connectivity index (χ1) is 11.7. The molecule has 0 spiro atoms. The summed E-state index contributed by atoms with van der Waals surface area (Å²) in [4.78, 5) is 12.7. The molecule has 3 aromatic rings. The van der Waals surface area contributed by atoms with Gasteiger partial charge in [0, 0.05) is 17.5 Å². The summed E-state index contributed by atoms with van der Waals surface area (Å²) in [5.74, 6) is 0.0983. The third-order valence-corrected chi connectivity index (χ3v) is 4.01. The largest absolute Gasteiger partial charge is 0.508 e. The Hall–Kier alpha value is -2.91. The van der Waals surface area contributed by atoms with Gasteiger partial charge in [-0.3, -0.25) is 4.79 Å². The van der Waals surface area contributed by atoms with Crippen molar-refractivity contribution < 1.29 is 15.0 Å². The second kappa shape index (κ2) is 7.11. The molecular weight excluding hydrogens is 300 g/mol. The number of ketones is 1. The Kier molecular flexibility index (Phi) is 4.73. The van der Waals surface area contributed by atoms with Crippen LogP contribution in [0.2, 0.25) is 0 Å². The van der Waals surface area contributed by atoms with Gasteiger partial charge in [-0.1, -0.05) is 66.7 Å². The number of rotatable bonds is 5. The molecule has 0 radical (unpaired) electrons. The van der Waals surface area contributed by atoms with E-state index < -0.39 is 0 Å². The van der Waals surface area contributed by atoms with E-state index in [-0.39, 0.29) is 18.1 Å². The van der Waals surface area contributed by atoms with Crippen LogP contribution in [0, 0.1) is 0 Å². The van der Waals surface area contributed by atoms with Crippen LogP contribution in [0.25, 0.3) is 0 Å². The Morgan fingerprint density at radius 1 is 0.833 bits per heavy atom. The van der Waals surface area contributed by atoms with Crippen LogP contribution in [0.1, 0.15) is 32.6 Å². The molecule has 3 aromatic carbocycles. The van der Waals surface area contributed by atoms with Crippen molar-refractivity contribution in [3.63, 3.8) is 0 Å². The van der Waals surface area contributed by atoms with Crippen LogP contribution in [0.15, 0.2) is 72.8 Å². The molecule has 2 N–H and O–H groups in total. The number of aliphatic hydroxyl groups is 1. The quantitative estimate of drug-likeness (QED) is 0.705. The van der Waals surface area contributed by atoms with Gasteiger partial charge in [-0.25, -0.2) is 0 Å². The Balaban J connectivity index is 1.94. The van der Waals surface area contributed by atoms with E-state index in [0.717, 1.165) is 11.1 Å². The van der Waals surface area contributed by atoms with Gasteiger partial charge in [0.15, 0.2) is 5.78 Å². The maximum atomic E-state index is 12.7. The van der Waals surface area contributed by atoms with Crippen molar-refractivity contribution in [1.82, 2.24) is 0 Å². The molecular formula is C21H18O3. The molecule has 0 unspecified atom stereocenters. The summed E-state index contributed by atoms with van der Waals surface area (Å²) in [7, 11) is 0. The maximum absolute atomic E-state index is 12.7. The number of aromatic hydroxyl groups is 1. The first kappa shape index (κ1) is 16.0. The van der Waals surface area contributed by atoms with Gasteiger partial charge in [0.25, 0.3) is 0 Å². The average molecular weight is 318 g/mol. The zero-order valence-corrected chi connectivity index (χ0v) is 13.1. The van der Waals surface area contributed by atoms with Gasteiger partial charge in [0.2, 0.25) is 0 Å². The first-order valence-corrected chi connectivity index (χ1v) is 7.78. The summed E-state index contributed by atoms with van der Waals surface area (Å²) in [6.07, 6.45) is 0.451. The summed E-state index contributed by atoms with van der Waals surface area (Å²) in [5.41, 5.74) is 3.52. The lowest BCUT2D eigenvalue weighted by atomic mass is 9.93. The number of phenolic OH excluding ortho intramolecular Hbond substituents is 1. The van der Waals surface area contributed by atoms with Crippen LogP contribution in [0.3, 0.4) is 0 Å². The predicted octanol–water partition coefficient (Wildman–Crippen LogP) is 3.71. The molecule has 0 aromatic heterocycles. The van der Waals surface area contributed by atoms with E-state index in [4.69, 9.17) is 5.11 Å². The Labute approximate surface area is 140 Å². The van der Waals surface area contributed by atoms with Crippen LogP contribution >= 0.6 is 0 Å². The van der Waals surface area contributed by atoms with Crippen LogP contribution in [0.4, 0.5) is 0 Å². The highest BCUT2D eigenvalue weighted by Crippen LogP contribution is 2.24. The SMILES string of the molecule is O=C(c1ccccc1)c1ccccc1Cc1ccc(CO)cc1O. The lowest BCUT2D eigenvalue weighted by molar-refractivity contribution is 0.103. The fourth-order valence-electron chi connectivity index (χ4n) is 2.70. The van der Waals surface area contributed by atoms with Crippen molar-refractivity contribution in [2.24, 2.45) is 0 Å². The van der Waals surface area contributed by atoms with Gasteiger partial charge >= 0.3 is 0 Å². The van der Waals surface area contributed by atoms with Crippen molar-refractivity contribution in [2.45, 2.75) is 13.0 Å². The predicted molar refractivity (Wildman–Crippen MR) is 93.2 cm³/mol. The van der Waals surface area contributed by atoms with Crippen LogP contribution in [0.5, 0.6) is 5.75 Å². The van der Waals surface area contributed by atoms with Gasteiger partial charge in [0.05, 0.1) is 6.61 Å². The molecule has 120 valence electrons. The summed E-state index contributed by atoms with van der Waals surface area (Å²) < 4.78 is 0. The minimum Gasteiger partial charge on any atom is -0.508 e. The molecule has 3 nitrogen and oxygen atoms in total. The number of phenols is 1. The minimum absolute atomic E-state index is 0.0299. The Bertz CT molecular complexity index is 854. The second-order valence-electron chi connectivity index (χ2n) is 5.65. The summed E-state index contributed by atoms with van der Waals surface area (Å²) in [6, 6.07) is 21.7. The molecule has 0 saturated carbocycles. The highest BCUT2D eigenvalue weighted by molar-refractivity contribution is 6.09. The average Bonchev–Trinajstić information content (AvgIpc) is 2.64. The van der Waals surface area contributed by atoms with Crippen LogP contribution < -0.4 is 0 Å². The molecule has 0 aliphatic carbocycles. The molecule has 0 amide bonds. The summed E-state index contributed by atoms with van der Waals surface area (Å²) >= 11 is 0. The van der Waals surface area contributed by atoms with Crippen molar-refractivity contribution in [1.29, 1.82) is 0 Å². The van der Waals surface area contributed by atoms with Crippen LogP contribution in [-0.4, -0.2) is 16.0 Å². The van der Waals surface area contributed by atoms with Gasteiger partial charge in [-0.2, -0.15) is 0 Å². The van der Waals surface area contributed by atoms with Gasteiger partial charge in [0.1, 0.15) is 5.75 Å². The number of hydrogen-bond acceptors (Lipinski definition) is 3. The fraction of sp³-hybridized carbons (Fsp3) is 0.0952. The third-order valence-electron chi connectivity index (χ3n) is 4.01. The van der Waals surface area contributed by atoms with E-state index in [1.165, 1.54) is 0 Å². The van der Waals surface area contributed by atoms with E-state index in [0.29, 0.717) is 23.1 Å². The molecule has 0 aliphatic heterocycles. The Morgan fingerprint density at radius 3 is 2.25 bits per heavy atom. The zero-order valence-electron chi connectivity index (χ0n) is 13.1. The summed E-state index contributed by atoms with van der Waals surface area (Å²) in [6.45, 7) is -0.114. The van der Waals surface area contributed by atoms with Crippen LogP contribution in [-0.2, 0) is 13.0 Å². The number of benzene rings is 3. The number of hydrogen-bond donors (Lipinski definition) is 2. The molecule has 3 rings (SSSR count). The molecule has 0 fully saturated rings. The van der Waals surface area contributed by atoms with Crippen molar-refractivity contribution in [2.75, 3.05) is 0 Å². The van der Waals surface area contributed by atoms with E-state index in [1.54, 1.807) is 30.3 Å². The lowest BCUT2D eigenvalue weighted by Crippen LogP contribution is -2.06. The zero-order chi connectivity index (χ0) is 16.9. The molecule has 0 aliphatic rings. The minimum atomic E-state index is -0.114. The van der Waals surface area contributed by atoms with Gasteiger partial charge in [-0.05, 0) is 22.8 Å². The monoisotopic (exact) mass is 318 g/mol. The molecule has 24 heavy (non-hydrogen) atoms. The standard InChI is InChI=1S/C21H18O3/c22-14-15-10-11-18(20(23)12-15)13-17-8-4-5-9-19(17)21(24)16-6-2-1-3-7-16/h1-12,22-23H,13-14H2. The maximum Gasteiger partial charge on any atom is 0.193 e. The van der Waals surface area contributed by atoms with Crippen molar-refractivity contribution in [3.8, 4) is 5.75 Å². The van der Waals surface area contributed by atoms with Crippen molar-refractivity contribution in [3.05, 3.63) is 101 Å². The highest BCUT2D eigenvalue weighted by Gasteiger charge is 2.14. The lowest BCUT2D eigenvalue weighted by Gasteiger charge is -2.11. The number of carbonyl (C=O) groups is 1. The Morgan fingerprint density at radius 2 is 1.54 bits per heavy atom. The smallest absolute Gasteiger partial charge is 0.193 e. The van der Waals surface area contributed by atoms with Crippen molar-refractivity contribution >= 4 is 5.78 Å². The number of carbonyl (C=O) groups excluding carboxylic acids is 1. The van der Waals surface area contributed by atoms with E-state index >= 15 is 0 Å². The van der Waals surface area contributed by atoms with E-state index in [1.807, 2.05) is 42.5 Å². The summed E-state index contributed by atoms with van der Waals surface area (Å²) in [5, 5.41) is 19.3. The molecule has 0 atom stereocenters. The topological polar surface area (TPSA) is 57.5 Å². The second-order valence-corrected chi connectivity index (χ2v) is 5.65.